The van der Waals surface area contributed by atoms with Crippen LogP contribution in [0.2, 0.25) is 0 Å². The van der Waals surface area contributed by atoms with Gasteiger partial charge in [-0.3, -0.25) is 9.59 Å². The fourth-order valence-corrected chi connectivity index (χ4v) is 3.78. The van der Waals surface area contributed by atoms with E-state index in [1.165, 1.54) is 0 Å². The fraction of sp³-hybridized carbons (Fsp3) is 0.292. The summed E-state index contributed by atoms with van der Waals surface area (Å²) in [5.74, 6) is 0.693. The highest BCUT2D eigenvalue weighted by molar-refractivity contribution is 5.92. The van der Waals surface area contributed by atoms with Gasteiger partial charge in [0.15, 0.2) is 0 Å². The first kappa shape index (κ1) is 20.7. The number of nitrogens with one attached hydrogen (secondary N) is 1. The molecule has 0 radical (unpaired) electrons. The van der Waals surface area contributed by atoms with Crippen molar-refractivity contribution in [2.75, 3.05) is 20.2 Å². The van der Waals surface area contributed by atoms with Crippen molar-refractivity contribution < 1.29 is 18.8 Å². The van der Waals surface area contributed by atoms with Crippen molar-refractivity contribution in [1.82, 2.24) is 15.4 Å². The van der Waals surface area contributed by atoms with Crippen LogP contribution in [-0.2, 0) is 11.2 Å². The summed E-state index contributed by atoms with van der Waals surface area (Å²) < 4.78 is 10.6. The summed E-state index contributed by atoms with van der Waals surface area (Å²) in [5, 5.41) is 6.99. The van der Waals surface area contributed by atoms with Gasteiger partial charge in [-0.05, 0) is 18.9 Å². The monoisotopic (exact) mass is 419 g/mol. The van der Waals surface area contributed by atoms with E-state index in [0.717, 1.165) is 16.9 Å². The van der Waals surface area contributed by atoms with E-state index in [4.69, 9.17) is 9.26 Å². The topological polar surface area (TPSA) is 84.7 Å². The second kappa shape index (κ2) is 9.47. The van der Waals surface area contributed by atoms with Crippen molar-refractivity contribution in [2.45, 2.75) is 25.3 Å². The number of likely N-dealkylation sites (tertiary alicyclic amines) is 1. The number of ether oxygens (including phenoxy) is 1. The van der Waals surface area contributed by atoms with E-state index in [0.29, 0.717) is 38.0 Å². The zero-order chi connectivity index (χ0) is 21.6. The van der Waals surface area contributed by atoms with Crippen molar-refractivity contribution in [3.8, 4) is 17.0 Å². The number of hydrogen-bond acceptors (Lipinski definition) is 5. The maximum atomic E-state index is 12.7. The molecular formula is C24H25N3O4. The Hall–Kier alpha value is -3.61. The van der Waals surface area contributed by atoms with Gasteiger partial charge in [0.25, 0.3) is 5.91 Å². The van der Waals surface area contributed by atoms with Crippen LogP contribution in [0.3, 0.4) is 0 Å². The summed E-state index contributed by atoms with van der Waals surface area (Å²) in [5.41, 5.74) is 2.40. The number of benzene rings is 2. The predicted octanol–water partition coefficient (Wildman–Crippen LogP) is 3.31. The Kier molecular flexibility index (Phi) is 6.31. The van der Waals surface area contributed by atoms with Crippen LogP contribution in [0, 0.1) is 0 Å². The van der Waals surface area contributed by atoms with Crippen molar-refractivity contribution in [3.63, 3.8) is 0 Å². The Morgan fingerprint density at radius 2 is 1.81 bits per heavy atom. The molecule has 1 aliphatic rings. The van der Waals surface area contributed by atoms with Crippen LogP contribution < -0.4 is 10.1 Å². The third kappa shape index (κ3) is 4.94. The summed E-state index contributed by atoms with van der Waals surface area (Å²) >= 11 is 0. The molecule has 2 heterocycles. The van der Waals surface area contributed by atoms with Gasteiger partial charge in [-0.25, -0.2) is 0 Å². The van der Waals surface area contributed by atoms with Crippen LogP contribution >= 0.6 is 0 Å². The van der Waals surface area contributed by atoms with Crippen LogP contribution in [0.1, 0.15) is 29.0 Å². The van der Waals surface area contributed by atoms with Gasteiger partial charge in [0, 0.05) is 36.3 Å². The molecule has 0 atom stereocenters. The quantitative estimate of drug-likeness (QED) is 0.663. The molecular weight excluding hydrogens is 394 g/mol. The Balaban J connectivity index is 1.29. The number of carbonyl (C=O) groups excluding carboxylic acids is 2. The smallest absolute Gasteiger partial charge is 0.290 e. The molecule has 0 spiro atoms. The number of carbonyl (C=O) groups is 2. The van der Waals surface area contributed by atoms with E-state index in [2.05, 4.69) is 10.5 Å². The highest BCUT2D eigenvalue weighted by Gasteiger charge is 2.26. The van der Waals surface area contributed by atoms with Crippen molar-refractivity contribution in [3.05, 3.63) is 72.0 Å². The molecule has 1 aromatic heterocycles. The number of amides is 2. The third-order valence-electron chi connectivity index (χ3n) is 5.52. The van der Waals surface area contributed by atoms with Gasteiger partial charge >= 0.3 is 0 Å². The molecule has 4 rings (SSSR count). The van der Waals surface area contributed by atoms with Gasteiger partial charge in [-0.15, -0.1) is 0 Å². The zero-order valence-electron chi connectivity index (χ0n) is 17.4. The van der Waals surface area contributed by atoms with Crippen LogP contribution in [0.15, 0.2) is 65.2 Å². The molecule has 1 saturated heterocycles. The number of aromatic nitrogens is 1. The molecule has 1 aliphatic heterocycles. The van der Waals surface area contributed by atoms with Crippen LogP contribution in [-0.4, -0.2) is 48.1 Å². The molecule has 0 aliphatic carbocycles. The minimum Gasteiger partial charge on any atom is -0.496 e. The second-order valence-electron chi connectivity index (χ2n) is 7.56. The van der Waals surface area contributed by atoms with Crippen molar-refractivity contribution >= 4 is 11.8 Å². The van der Waals surface area contributed by atoms with E-state index in [1.54, 1.807) is 13.2 Å². The first-order valence-electron chi connectivity index (χ1n) is 10.4. The van der Waals surface area contributed by atoms with Crippen LogP contribution in [0.25, 0.3) is 11.3 Å². The van der Waals surface area contributed by atoms with Crippen molar-refractivity contribution in [1.29, 1.82) is 0 Å². The van der Waals surface area contributed by atoms with Gasteiger partial charge in [0.2, 0.25) is 11.7 Å². The van der Waals surface area contributed by atoms with E-state index >= 15 is 0 Å². The molecule has 3 aromatic rings. The minimum absolute atomic E-state index is 0.00640. The Morgan fingerprint density at radius 3 is 2.55 bits per heavy atom. The Morgan fingerprint density at radius 1 is 1.10 bits per heavy atom. The number of rotatable bonds is 6. The molecule has 31 heavy (non-hydrogen) atoms. The molecule has 1 fully saturated rings. The molecule has 7 nitrogen and oxygen atoms in total. The average molecular weight is 419 g/mol. The molecule has 0 bridgehead atoms. The highest BCUT2D eigenvalue weighted by atomic mass is 16.5. The van der Waals surface area contributed by atoms with E-state index < -0.39 is 0 Å². The first-order chi connectivity index (χ1) is 15.1. The lowest BCUT2D eigenvalue weighted by molar-refractivity contribution is -0.131. The molecule has 2 amide bonds. The summed E-state index contributed by atoms with van der Waals surface area (Å²) in [6.07, 6.45) is 1.70. The summed E-state index contributed by atoms with van der Waals surface area (Å²) in [6.45, 7) is 1.20. The van der Waals surface area contributed by atoms with E-state index in [1.807, 2.05) is 59.5 Å². The molecule has 7 heteroatoms. The largest absolute Gasteiger partial charge is 0.496 e. The molecule has 2 aromatic carbocycles. The predicted molar refractivity (Wildman–Crippen MR) is 116 cm³/mol. The lowest BCUT2D eigenvalue weighted by Crippen LogP contribution is -2.46. The first-order valence-corrected chi connectivity index (χ1v) is 10.4. The maximum absolute atomic E-state index is 12.7. The lowest BCUT2D eigenvalue weighted by atomic mass is 10.0. The molecule has 0 unspecified atom stereocenters. The average Bonchev–Trinajstić information content (AvgIpc) is 3.31. The number of methoxy groups -OCH3 is 1. The summed E-state index contributed by atoms with van der Waals surface area (Å²) in [4.78, 5) is 27.1. The normalized spacial score (nSPS) is 14.3. The lowest BCUT2D eigenvalue weighted by Gasteiger charge is -2.32. The number of nitrogens with zero attached hydrogens (tertiary/aromatic N) is 2. The van der Waals surface area contributed by atoms with Crippen LogP contribution in [0.4, 0.5) is 0 Å². The van der Waals surface area contributed by atoms with E-state index in [-0.39, 0.29) is 23.6 Å². The number of hydrogen-bond donors (Lipinski definition) is 1. The molecule has 1 N–H and O–H groups in total. The zero-order valence-corrected chi connectivity index (χ0v) is 17.4. The van der Waals surface area contributed by atoms with Crippen LogP contribution in [0.5, 0.6) is 5.75 Å². The Labute approximate surface area is 181 Å². The van der Waals surface area contributed by atoms with Gasteiger partial charge in [0.05, 0.1) is 13.5 Å². The molecule has 160 valence electrons. The minimum atomic E-state index is -0.284. The standard InChI is InChI=1S/C24H25N3O4/c1-30-21-10-6-5-9-18(21)15-23(28)27-13-11-19(12-14-27)25-24(29)22-16-20(26-31-22)17-7-3-2-4-8-17/h2-10,16,19H,11-15H2,1H3,(H,25,29). The SMILES string of the molecule is COc1ccccc1CC(=O)N1CCC(NC(=O)c2cc(-c3ccccc3)no2)CC1. The van der Waals surface area contributed by atoms with E-state index in [9.17, 15) is 9.59 Å². The maximum Gasteiger partial charge on any atom is 0.290 e. The number of para-hydroxylation sites is 1. The molecule has 0 saturated carbocycles. The highest BCUT2D eigenvalue weighted by Crippen LogP contribution is 2.21. The van der Waals surface area contributed by atoms with Crippen molar-refractivity contribution in [2.24, 2.45) is 0 Å². The Bertz CT molecular complexity index is 1040. The third-order valence-corrected chi connectivity index (χ3v) is 5.52. The van der Waals surface area contributed by atoms with Gasteiger partial charge in [0.1, 0.15) is 11.4 Å². The van der Waals surface area contributed by atoms with Gasteiger partial charge in [-0.1, -0.05) is 53.7 Å². The summed E-state index contributed by atoms with van der Waals surface area (Å²) in [7, 11) is 1.61. The fourth-order valence-electron chi connectivity index (χ4n) is 3.78. The van der Waals surface area contributed by atoms with Gasteiger partial charge < -0.3 is 19.5 Å². The number of piperidine rings is 1. The second-order valence-corrected chi connectivity index (χ2v) is 7.56. The van der Waals surface area contributed by atoms with Gasteiger partial charge in [-0.2, -0.15) is 0 Å². The summed E-state index contributed by atoms with van der Waals surface area (Å²) in [6, 6.07) is 18.8.